The summed E-state index contributed by atoms with van der Waals surface area (Å²) in [6, 6.07) is 1.77. The van der Waals surface area contributed by atoms with Crippen LogP contribution in [-0.4, -0.2) is 50.3 Å². The lowest BCUT2D eigenvalue weighted by molar-refractivity contribution is 0.0703. The average molecular weight is 343 g/mol. The molecule has 0 aromatic carbocycles. The maximum absolute atomic E-state index is 12.5. The van der Waals surface area contributed by atoms with Crippen molar-refractivity contribution in [2.75, 3.05) is 19.7 Å². The van der Waals surface area contributed by atoms with Gasteiger partial charge >= 0.3 is 0 Å². The van der Waals surface area contributed by atoms with Gasteiger partial charge in [-0.05, 0) is 32.8 Å². The molecule has 1 aliphatic heterocycles. The fraction of sp³-hybridized carbons (Fsp3) is 0.556. The van der Waals surface area contributed by atoms with Gasteiger partial charge in [-0.15, -0.1) is 0 Å². The smallest absolute Gasteiger partial charge is 0.274 e. The van der Waals surface area contributed by atoms with Crippen molar-refractivity contribution >= 4 is 5.91 Å². The molecular formula is C18H25N5O2. The van der Waals surface area contributed by atoms with E-state index in [4.69, 9.17) is 4.74 Å². The molecule has 7 nitrogen and oxygen atoms in total. The predicted molar refractivity (Wildman–Crippen MR) is 93.2 cm³/mol. The molecule has 0 N–H and O–H groups in total. The maximum Gasteiger partial charge on any atom is 0.274 e. The summed E-state index contributed by atoms with van der Waals surface area (Å²) in [5.74, 6) is 1.12. The minimum absolute atomic E-state index is 0.00691. The number of carbonyl (C=O) groups is 1. The van der Waals surface area contributed by atoms with Crippen LogP contribution in [0.2, 0.25) is 0 Å². The molecule has 25 heavy (non-hydrogen) atoms. The lowest BCUT2D eigenvalue weighted by atomic mass is 9.90. The number of aromatic nitrogens is 4. The third-order valence-corrected chi connectivity index (χ3v) is 4.58. The van der Waals surface area contributed by atoms with Crippen LogP contribution >= 0.6 is 0 Å². The van der Waals surface area contributed by atoms with Crippen LogP contribution in [-0.2, 0) is 18.4 Å². The average Bonchev–Trinajstić information content (AvgIpc) is 3.06. The zero-order chi connectivity index (χ0) is 17.8. The number of aryl methyl sites for hydroxylation is 2. The Kier molecular flexibility index (Phi) is 5.43. The molecule has 3 rings (SSSR count). The Morgan fingerprint density at radius 2 is 2.12 bits per heavy atom. The van der Waals surface area contributed by atoms with Crippen molar-refractivity contribution in [3.05, 3.63) is 41.2 Å². The molecule has 0 atom stereocenters. The van der Waals surface area contributed by atoms with Crippen molar-refractivity contribution < 1.29 is 9.53 Å². The first-order valence-corrected chi connectivity index (χ1v) is 8.77. The fourth-order valence-corrected chi connectivity index (χ4v) is 3.24. The van der Waals surface area contributed by atoms with Crippen LogP contribution in [0, 0.1) is 6.92 Å². The van der Waals surface area contributed by atoms with E-state index in [9.17, 15) is 4.79 Å². The molecule has 134 valence electrons. The predicted octanol–water partition coefficient (Wildman–Crippen LogP) is 2.07. The summed E-state index contributed by atoms with van der Waals surface area (Å²) < 4.78 is 7.21. The third-order valence-electron chi connectivity index (χ3n) is 4.58. The monoisotopic (exact) mass is 343 g/mol. The minimum atomic E-state index is 0.00691. The van der Waals surface area contributed by atoms with Crippen LogP contribution in [0.4, 0.5) is 0 Å². The SMILES string of the molecule is CCOCc1cnc(C)nc1C1CCN(C(=O)c2ccn(C)n2)CC1. The lowest BCUT2D eigenvalue weighted by Gasteiger charge is -2.32. The molecule has 2 aromatic rings. The summed E-state index contributed by atoms with van der Waals surface area (Å²) in [4.78, 5) is 23.4. The number of rotatable bonds is 5. The second kappa shape index (κ2) is 7.74. The van der Waals surface area contributed by atoms with Crippen molar-refractivity contribution in [2.24, 2.45) is 7.05 Å². The molecule has 0 bridgehead atoms. The van der Waals surface area contributed by atoms with Gasteiger partial charge in [-0.2, -0.15) is 5.10 Å². The quantitative estimate of drug-likeness (QED) is 0.831. The Bertz CT molecular complexity index is 735. The number of hydrogen-bond donors (Lipinski definition) is 0. The van der Waals surface area contributed by atoms with E-state index in [1.165, 1.54) is 0 Å². The molecule has 1 fully saturated rings. The normalized spacial score (nSPS) is 15.6. The highest BCUT2D eigenvalue weighted by Gasteiger charge is 2.27. The highest BCUT2D eigenvalue weighted by atomic mass is 16.5. The summed E-state index contributed by atoms with van der Waals surface area (Å²) >= 11 is 0. The van der Waals surface area contributed by atoms with E-state index in [-0.39, 0.29) is 5.91 Å². The van der Waals surface area contributed by atoms with Gasteiger partial charge in [0.15, 0.2) is 0 Å². The molecule has 3 heterocycles. The first kappa shape index (κ1) is 17.5. The number of nitrogens with zero attached hydrogens (tertiary/aromatic N) is 5. The summed E-state index contributed by atoms with van der Waals surface area (Å²) in [7, 11) is 1.82. The number of hydrogen-bond acceptors (Lipinski definition) is 5. The van der Waals surface area contributed by atoms with Crippen LogP contribution in [0.15, 0.2) is 18.5 Å². The maximum atomic E-state index is 12.5. The van der Waals surface area contributed by atoms with Crippen molar-refractivity contribution in [3.8, 4) is 0 Å². The fourth-order valence-electron chi connectivity index (χ4n) is 3.24. The molecule has 7 heteroatoms. The Morgan fingerprint density at radius 1 is 1.36 bits per heavy atom. The Morgan fingerprint density at radius 3 is 2.76 bits per heavy atom. The van der Waals surface area contributed by atoms with Crippen molar-refractivity contribution in [1.29, 1.82) is 0 Å². The standard InChI is InChI=1S/C18H25N5O2/c1-4-25-12-15-11-19-13(2)20-17(15)14-5-9-23(10-6-14)18(24)16-7-8-22(3)21-16/h7-8,11,14H,4-6,9-10,12H2,1-3H3. The molecule has 2 aromatic heterocycles. The van der Waals surface area contributed by atoms with Gasteiger partial charge in [-0.3, -0.25) is 9.48 Å². The Labute approximate surface area is 148 Å². The van der Waals surface area contributed by atoms with Crippen LogP contribution in [0.5, 0.6) is 0 Å². The van der Waals surface area contributed by atoms with Gasteiger partial charge in [-0.1, -0.05) is 0 Å². The molecular weight excluding hydrogens is 318 g/mol. The highest BCUT2D eigenvalue weighted by Crippen LogP contribution is 2.29. The van der Waals surface area contributed by atoms with Crippen molar-refractivity contribution in [3.63, 3.8) is 0 Å². The molecule has 1 amide bonds. The molecule has 1 saturated heterocycles. The number of carbonyl (C=O) groups excluding carboxylic acids is 1. The zero-order valence-corrected chi connectivity index (χ0v) is 15.1. The van der Waals surface area contributed by atoms with E-state index in [0.29, 0.717) is 24.8 Å². The van der Waals surface area contributed by atoms with Gasteiger partial charge in [0.2, 0.25) is 0 Å². The van der Waals surface area contributed by atoms with Gasteiger partial charge in [0.05, 0.1) is 12.3 Å². The topological polar surface area (TPSA) is 73.1 Å². The highest BCUT2D eigenvalue weighted by molar-refractivity contribution is 5.92. The van der Waals surface area contributed by atoms with Crippen LogP contribution in [0.1, 0.15) is 53.3 Å². The molecule has 0 radical (unpaired) electrons. The summed E-state index contributed by atoms with van der Waals surface area (Å²) in [6.45, 7) is 6.54. The van der Waals surface area contributed by atoms with Gasteiger partial charge in [0, 0.05) is 50.6 Å². The summed E-state index contributed by atoms with van der Waals surface area (Å²) in [5.41, 5.74) is 2.64. The zero-order valence-electron chi connectivity index (χ0n) is 15.1. The number of piperidine rings is 1. The number of amides is 1. The van der Waals surface area contributed by atoms with Crippen LogP contribution in [0.25, 0.3) is 0 Å². The van der Waals surface area contributed by atoms with Gasteiger partial charge in [-0.25, -0.2) is 9.97 Å². The van der Waals surface area contributed by atoms with Crippen LogP contribution in [0.3, 0.4) is 0 Å². The van der Waals surface area contributed by atoms with Gasteiger partial charge in [0.1, 0.15) is 11.5 Å². The number of ether oxygens (including phenoxy) is 1. The first-order chi connectivity index (χ1) is 12.1. The van der Waals surface area contributed by atoms with Gasteiger partial charge < -0.3 is 9.64 Å². The van der Waals surface area contributed by atoms with Crippen LogP contribution < -0.4 is 0 Å². The summed E-state index contributed by atoms with van der Waals surface area (Å²) in [6.07, 6.45) is 5.46. The summed E-state index contributed by atoms with van der Waals surface area (Å²) in [5, 5.41) is 4.21. The lowest BCUT2D eigenvalue weighted by Crippen LogP contribution is -2.38. The van der Waals surface area contributed by atoms with E-state index < -0.39 is 0 Å². The molecule has 0 aliphatic carbocycles. The second-order valence-corrected chi connectivity index (χ2v) is 6.41. The second-order valence-electron chi connectivity index (χ2n) is 6.41. The molecule has 0 saturated carbocycles. The van der Waals surface area contributed by atoms with Gasteiger partial charge in [0.25, 0.3) is 5.91 Å². The molecule has 0 spiro atoms. The van der Waals surface area contributed by atoms with E-state index in [1.807, 2.05) is 32.0 Å². The van der Waals surface area contributed by atoms with Crippen molar-refractivity contribution in [2.45, 2.75) is 39.2 Å². The Hall–Kier alpha value is -2.28. The van der Waals surface area contributed by atoms with E-state index >= 15 is 0 Å². The van der Waals surface area contributed by atoms with E-state index in [0.717, 1.165) is 43.0 Å². The Balaban J connectivity index is 1.68. The van der Waals surface area contributed by atoms with E-state index in [1.54, 1.807) is 16.9 Å². The molecule has 0 unspecified atom stereocenters. The number of likely N-dealkylation sites (tertiary alicyclic amines) is 1. The largest absolute Gasteiger partial charge is 0.377 e. The van der Waals surface area contributed by atoms with E-state index in [2.05, 4.69) is 15.1 Å². The third kappa shape index (κ3) is 4.04. The molecule has 1 aliphatic rings. The minimum Gasteiger partial charge on any atom is -0.377 e. The van der Waals surface area contributed by atoms with Crippen molar-refractivity contribution in [1.82, 2.24) is 24.6 Å². The first-order valence-electron chi connectivity index (χ1n) is 8.77.